The van der Waals surface area contributed by atoms with Crippen LogP contribution in [0.3, 0.4) is 0 Å². The van der Waals surface area contributed by atoms with Gasteiger partial charge < -0.3 is 0 Å². The van der Waals surface area contributed by atoms with E-state index in [9.17, 15) is 24.8 Å². The van der Waals surface area contributed by atoms with E-state index in [1.165, 1.54) is 0 Å². The molecule has 3 aromatic carbocycles. The van der Waals surface area contributed by atoms with Crippen LogP contribution in [0.1, 0.15) is 35.4 Å². The van der Waals surface area contributed by atoms with Gasteiger partial charge >= 0.3 is 230 Å². The Morgan fingerprint density at radius 3 is 2.05 bits per heavy atom. The molecule has 5 N–H and O–H groups in total. The summed E-state index contributed by atoms with van der Waals surface area (Å²) in [7, 11) is 0. The molecule has 0 aliphatic heterocycles. The zero-order valence-electron chi connectivity index (χ0n) is 21.1. The van der Waals surface area contributed by atoms with E-state index in [0.717, 1.165) is 11.1 Å². The average Bonchev–Trinajstić information content (AvgIpc) is 2.92. The second-order valence-corrected chi connectivity index (χ2v) is 9.83. The summed E-state index contributed by atoms with van der Waals surface area (Å²) in [6.07, 6.45) is 0.683. The van der Waals surface area contributed by atoms with Crippen LogP contribution in [0.25, 0.3) is 0 Å². The van der Waals surface area contributed by atoms with Crippen molar-refractivity contribution >= 4 is 33.2 Å². The third kappa shape index (κ3) is 9.05. The molecular weight excluding hydrogens is 561 g/mol. The van der Waals surface area contributed by atoms with Crippen LogP contribution in [0, 0.1) is 10.1 Å². The Kier molecular flexibility index (Phi) is 11.2. The first-order valence-electron chi connectivity index (χ1n) is 12.4. The Hall–Kier alpha value is -4.01. The Balaban J connectivity index is 1.78. The van der Waals surface area contributed by atoms with Gasteiger partial charge in [0.1, 0.15) is 0 Å². The number of nitrogens with zero attached hydrogens (tertiary/aromatic N) is 2. The molecule has 11 heteroatoms. The van der Waals surface area contributed by atoms with Crippen molar-refractivity contribution < 1.29 is 19.7 Å². The SMILES string of the molecule is NC(CCC(NC(=O)C(c1ccccc1)c1ccccc1)C(=O)NCCc1ccccc1O)/C([As])=N\[N+](=O)[O-]. The van der Waals surface area contributed by atoms with E-state index in [1.807, 2.05) is 77.5 Å². The first-order chi connectivity index (χ1) is 18.8. The molecule has 2 amide bonds. The minimum atomic E-state index is -0.959. The van der Waals surface area contributed by atoms with Crippen LogP contribution >= 0.6 is 0 Å². The van der Waals surface area contributed by atoms with Crippen LogP contribution in [0.15, 0.2) is 90.0 Å². The Morgan fingerprint density at radius 2 is 1.49 bits per heavy atom. The Morgan fingerprint density at radius 1 is 0.923 bits per heavy atom. The molecule has 0 saturated carbocycles. The van der Waals surface area contributed by atoms with Gasteiger partial charge in [-0.3, -0.25) is 0 Å². The van der Waals surface area contributed by atoms with Gasteiger partial charge in [0.05, 0.1) is 0 Å². The Bertz CT molecular complexity index is 1250. The van der Waals surface area contributed by atoms with Gasteiger partial charge in [0.15, 0.2) is 0 Å². The van der Waals surface area contributed by atoms with Gasteiger partial charge in [-0.15, -0.1) is 0 Å². The predicted octanol–water partition coefficient (Wildman–Crippen LogP) is 2.23. The van der Waals surface area contributed by atoms with E-state index in [0.29, 0.717) is 12.0 Å². The number of benzene rings is 3. The number of phenolic OH excluding ortho intramolecular Hbond substituents is 1. The van der Waals surface area contributed by atoms with E-state index in [-0.39, 0.29) is 35.5 Å². The average molecular weight is 592 g/mol. The standard InChI is InChI=1S/C28H30AsN5O5/c29-26(33-34(38)39)22(30)15-16-23(27(36)31-18-17-19-9-7-8-14-24(19)35)32-28(37)25(20-10-3-1-4-11-20)21-12-5-2-6-13-21/h1-14,22-23,25,35H,15-18,30H2,(H,31,36)(H,32,37)/b33-26+. The molecule has 0 aromatic heterocycles. The molecule has 2 radical (unpaired) electrons. The third-order valence-electron chi connectivity index (χ3n) is 6.13. The number of hydrazone groups is 1. The van der Waals surface area contributed by atoms with Crippen molar-refractivity contribution in [2.75, 3.05) is 6.54 Å². The van der Waals surface area contributed by atoms with Crippen LogP contribution in [0.4, 0.5) is 0 Å². The number of hydrogen-bond donors (Lipinski definition) is 4. The number of para-hydroxylation sites is 1. The third-order valence-corrected chi connectivity index (χ3v) is 7.01. The first kappa shape index (κ1) is 29.5. The zero-order valence-corrected chi connectivity index (χ0v) is 23.0. The fourth-order valence-electron chi connectivity index (χ4n) is 4.11. The fraction of sp³-hybridized carbons (Fsp3) is 0.250. The first-order valence-corrected chi connectivity index (χ1v) is 13.3. The summed E-state index contributed by atoms with van der Waals surface area (Å²) >= 11 is 1.97. The molecule has 39 heavy (non-hydrogen) atoms. The number of hydrogen-bond acceptors (Lipinski definition) is 6. The van der Waals surface area contributed by atoms with Crippen molar-refractivity contribution in [2.24, 2.45) is 10.8 Å². The normalized spacial score (nSPS) is 12.9. The second-order valence-electron chi connectivity index (χ2n) is 8.87. The number of nitro groups is 1. The molecule has 202 valence electrons. The Labute approximate surface area is 235 Å². The van der Waals surface area contributed by atoms with E-state index in [4.69, 9.17) is 5.73 Å². The molecule has 0 spiro atoms. The number of phenols is 1. The van der Waals surface area contributed by atoms with Crippen LogP contribution < -0.4 is 16.4 Å². The fourth-order valence-corrected chi connectivity index (χ4v) is 4.53. The molecule has 0 fully saturated rings. The second kappa shape index (κ2) is 14.8. The van der Waals surface area contributed by atoms with Crippen LogP contribution in [-0.2, 0) is 16.0 Å². The van der Waals surface area contributed by atoms with Gasteiger partial charge in [-0.1, -0.05) is 6.07 Å². The summed E-state index contributed by atoms with van der Waals surface area (Å²) in [5, 5.41) is 28.8. The van der Waals surface area contributed by atoms with Crippen molar-refractivity contribution in [1.29, 1.82) is 0 Å². The summed E-state index contributed by atoms with van der Waals surface area (Å²) in [5.41, 5.74) is 8.27. The maximum atomic E-state index is 13.7. The molecule has 0 saturated heterocycles. The molecule has 10 nitrogen and oxygen atoms in total. The zero-order chi connectivity index (χ0) is 28.2. The van der Waals surface area contributed by atoms with Gasteiger partial charge in [0.25, 0.3) is 0 Å². The summed E-state index contributed by atoms with van der Waals surface area (Å²) in [4.78, 5) is 37.6. The molecule has 0 bridgehead atoms. The molecule has 3 rings (SSSR count). The number of nitrogens with two attached hydrogens (primary N) is 1. The number of rotatable bonds is 13. The van der Waals surface area contributed by atoms with Crippen molar-refractivity contribution in [3.63, 3.8) is 0 Å². The summed E-state index contributed by atoms with van der Waals surface area (Å²) in [6.45, 7) is 0.230. The maximum absolute atomic E-state index is 13.7. The molecule has 2 atom stereocenters. The molecule has 2 unspecified atom stereocenters. The van der Waals surface area contributed by atoms with Crippen molar-refractivity contribution in [3.8, 4) is 5.75 Å². The van der Waals surface area contributed by atoms with Gasteiger partial charge in [0.2, 0.25) is 0 Å². The number of carbonyl (C=O) groups is 2. The van der Waals surface area contributed by atoms with Gasteiger partial charge in [-0.05, 0) is 0 Å². The van der Waals surface area contributed by atoms with Crippen LogP contribution in [0.2, 0.25) is 0 Å². The van der Waals surface area contributed by atoms with Gasteiger partial charge in [-0.2, -0.15) is 0 Å². The van der Waals surface area contributed by atoms with Gasteiger partial charge in [-0.25, -0.2) is 0 Å². The molecule has 0 aliphatic carbocycles. The molecule has 0 heterocycles. The van der Waals surface area contributed by atoms with E-state index in [1.54, 1.807) is 24.3 Å². The van der Waals surface area contributed by atoms with Crippen molar-refractivity contribution in [3.05, 3.63) is 112 Å². The number of amides is 2. The molecular formula is C28H30AsN5O5. The quantitative estimate of drug-likeness (QED) is 0.103. The van der Waals surface area contributed by atoms with Crippen LogP contribution in [0.5, 0.6) is 5.75 Å². The van der Waals surface area contributed by atoms with Crippen LogP contribution in [-0.4, -0.2) is 61.9 Å². The summed E-state index contributed by atoms with van der Waals surface area (Å²) in [5.74, 6) is -1.32. The van der Waals surface area contributed by atoms with E-state index >= 15 is 0 Å². The van der Waals surface area contributed by atoms with Gasteiger partial charge in [0, 0.05) is 0 Å². The number of carbonyl (C=O) groups excluding carboxylic acids is 2. The summed E-state index contributed by atoms with van der Waals surface area (Å²) < 4.78 is 0.0592. The van der Waals surface area contributed by atoms with Crippen molar-refractivity contribution in [1.82, 2.24) is 10.6 Å². The van der Waals surface area contributed by atoms with E-state index < -0.39 is 28.9 Å². The topological polar surface area (TPSA) is 160 Å². The number of nitrogens with one attached hydrogen (secondary N) is 2. The van der Waals surface area contributed by atoms with E-state index in [2.05, 4.69) is 15.7 Å². The summed E-state index contributed by atoms with van der Waals surface area (Å²) in [6, 6.07) is 23.6. The van der Waals surface area contributed by atoms with Crippen molar-refractivity contribution in [2.45, 2.75) is 37.3 Å². The predicted molar refractivity (Wildman–Crippen MR) is 149 cm³/mol. The minimum absolute atomic E-state index is 0.0592. The molecule has 0 aliphatic rings. The monoisotopic (exact) mass is 591 g/mol. The molecule has 3 aromatic rings. The number of aromatic hydroxyl groups is 1.